The fourth-order valence-corrected chi connectivity index (χ4v) is 1.95. The Bertz CT molecular complexity index is 469. The van der Waals surface area contributed by atoms with Gasteiger partial charge in [0.2, 0.25) is 0 Å². The van der Waals surface area contributed by atoms with Crippen molar-refractivity contribution >= 4 is 17.5 Å². The molecule has 2 rings (SSSR count). The topological polar surface area (TPSA) is 42.0 Å². The average molecular weight is 293 g/mol. The number of halogens is 4. The van der Waals surface area contributed by atoms with Crippen LogP contribution in [0.5, 0.6) is 0 Å². The number of hydrogen-bond donors (Lipinski definition) is 1. The number of hydrogen-bond acceptors (Lipinski definition) is 2. The molecule has 3 nitrogen and oxygen atoms in total. The van der Waals surface area contributed by atoms with Crippen molar-refractivity contribution in [2.45, 2.75) is 19.0 Å². The number of carbonyl (C=O) groups is 1. The quantitative estimate of drug-likeness (QED) is 0.867. The van der Waals surface area contributed by atoms with Crippen LogP contribution in [0.25, 0.3) is 0 Å². The minimum atomic E-state index is -4.45. The highest BCUT2D eigenvalue weighted by atomic mass is 35.5. The van der Waals surface area contributed by atoms with E-state index < -0.39 is 17.6 Å². The summed E-state index contributed by atoms with van der Waals surface area (Å²) in [5, 5.41) is 2.64. The fraction of sp³-hybridized carbons (Fsp3) is 0.500. The van der Waals surface area contributed by atoms with Gasteiger partial charge in [-0.05, 0) is 25.0 Å². The van der Waals surface area contributed by atoms with E-state index in [4.69, 9.17) is 11.6 Å². The van der Waals surface area contributed by atoms with Crippen molar-refractivity contribution in [3.05, 3.63) is 29.6 Å². The number of amides is 1. The predicted octanol–water partition coefficient (Wildman–Crippen LogP) is 2.85. The smallest absolute Gasteiger partial charge is 0.350 e. The van der Waals surface area contributed by atoms with Gasteiger partial charge in [0.05, 0.1) is 5.56 Å². The summed E-state index contributed by atoms with van der Waals surface area (Å²) in [6.45, 7) is 0.429. The molecule has 0 spiro atoms. The number of aromatic nitrogens is 1. The van der Waals surface area contributed by atoms with Gasteiger partial charge in [-0.1, -0.05) is 0 Å². The van der Waals surface area contributed by atoms with Crippen LogP contribution in [0.3, 0.4) is 0 Å². The summed E-state index contributed by atoms with van der Waals surface area (Å²) >= 11 is 5.76. The molecule has 1 aromatic heterocycles. The van der Waals surface area contributed by atoms with Gasteiger partial charge in [-0.3, -0.25) is 9.78 Å². The van der Waals surface area contributed by atoms with Crippen molar-refractivity contribution < 1.29 is 18.0 Å². The van der Waals surface area contributed by atoms with Gasteiger partial charge in [-0.2, -0.15) is 13.2 Å². The van der Waals surface area contributed by atoms with Crippen molar-refractivity contribution in [2.24, 2.45) is 5.41 Å². The first kappa shape index (κ1) is 14.1. The first-order chi connectivity index (χ1) is 8.86. The predicted molar refractivity (Wildman–Crippen MR) is 64.0 cm³/mol. The lowest BCUT2D eigenvalue weighted by Crippen LogP contribution is -2.31. The van der Waals surface area contributed by atoms with Gasteiger partial charge in [0, 0.05) is 24.0 Å². The molecule has 1 aromatic rings. The number of alkyl halides is 4. The van der Waals surface area contributed by atoms with Crippen LogP contribution >= 0.6 is 11.6 Å². The summed E-state index contributed by atoms with van der Waals surface area (Å²) in [5.41, 5.74) is -0.940. The van der Waals surface area contributed by atoms with Crippen LogP contribution in [0.4, 0.5) is 13.2 Å². The first-order valence-electron chi connectivity index (χ1n) is 5.74. The van der Waals surface area contributed by atoms with Crippen LogP contribution in [0, 0.1) is 5.41 Å². The standard InChI is InChI=1S/C12H12ClF3N2O/c13-6-11(3-4-11)7-18-10(19)9-2-1-8(5-17-9)12(14,15)16/h1-2,5H,3-4,6-7H2,(H,18,19). The molecule has 0 bridgehead atoms. The molecule has 1 fully saturated rings. The van der Waals surface area contributed by atoms with Crippen LogP contribution in [-0.2, 0) is 6.18 Å². The Hall–Kier alpha value is -1.30. The van der Waals surface area contributed by atoms with E-state index in [0.29, 0.717) is 18.6 Å². The molecule has 104 valence electrons. The molecule has 19 heavy (non-hydrogen) atoms. The van der Waals surface area contributed by atoms with Crippen LogP contribution < -0.4 is 5.32 Å². The van der Waals surface area contributed by atoms with E-state index in [2.05, 4.69) is 10.3 Å². The molecule has 1 heterocycles. The van der Waals surface area contributed by atoms with Crippen molar-refractivity contribution in [1.29, 1.82) is 0 Å². The number of rotatable bonds is 4. The third-order valence-electron chi connectivity index (χ3n) is 3.19. The number of nitrogens with zero attached hydrogens (tertiary/aromatic N) is 1. The summed E-state index contributed by atoms with van der Waals surface area (Å²) in [5.74, 6) is -0.0154. The molecule has 0 aromatic carbocycles. The van der Waals surface area contributed by atoms with Crippen molar-refractivity contribution in [3.8, 4) is 0 Å². The second-order valence-electron chi connectivity index (χ2n) is 4.75. The van der Waals surface area contributed by atoms with Gasteiger partial charge in [-0.15, -0.1) is 11.6 Å². The molecular formula is C12H12ClF3N2O. The summed E-state index contributed by atoms with van der Waals surface area (Å²) in [6, 6.07) is 1.91. The van der Waals surface area contributed by atoms with E-state index in [-0.39, 0.29) is 11.1 Å². The van der Waals surface area contributed by atoms with Gasteiger partial charge in [-0.25, -0.2) is 0 Å². The van der Waals surface area contributed by atoms with Crippen molar-refractivity contribution in [1.82, 2.24) is 10.3 Å². The Balaban J connectivity index is 1.96. The zero-order valence-electron chi connectivity index (χ0n) is 9.93. The highest BCUT2D eigenvalue weighted by Gasteiger charge is 2.41. The fourth-order valence-electron chi connectivity index (χ4n) is 1.59. The Morgan fingerprint density at radius 2 is 2.11 bits per heavy atom. The first-order valence-corrected chi connectivity index (χ1v) is 6.27. The summed E-state index contributed by atoms with van der Waals surface area (Å²) in [4.78, 5) is 15.2. The van der Waals surface area contributed by atoms with Gasteiger partial charge in [0.15, 0.2) is 0 Å². The third kappa shape index (κ3) is 3.37. The molecule has 0 aliphatic heterocycles. The number of carbonyl (C=O) groups excluding carboxylic acids is 1. The maximum Gasteiger partial charge on any atom is 0.417 e. The van der Waals surface area contributed by atoms with Gasteiger partial charge in [0.25, 0.3) is 5.91 Å². The second-order valence-corrected chi connectivity index (χ2v) is 5.01. The normalized spacial score (nSPS) is 17.1. The highest BCUT2D eigenvalue weighted by molar-refractivity contribution is 6.18. The Labute approximate surface area is 113 Å². The summed E-state index contributed by atoms with van der Waals surface area (Å²) < 4.78 is 37.0. The molecule has 7 heteroatoms. The van der Waals surface area contributed by atoms with E-state index in [1.807, 2.05) is 0 Å². The van der Waals surface area contributed by atoms with Crippen LogP contribution in [-0.4, -0.2) is 23.3 Å². The van der Waals surface area contributed by atoms with Crippen molar-refractivity contribution in [2.75, 3.05) is 12.4 Å². The SMILES string of the molecule is O=C(NCC1(CCl)CC1)c1ccc(C(F)(F)F)cn1. The lowest BCUT2D eigenvalue weighted by Gasteiger charge is -2.12. The molecular weight excluding hydrogens is 281 g/mol. The maximum absolute atomic E-state index is 12.3. The molecule has 0 radical (unpaired) electrons. The molecule has 1 aliphatic carbocycles. The van der Waals surface area contributed by atoms with E-state index in [1.54, 1.807) is 0 Å². The molecule has 1 amide bonds. The molecule has 0 unspecified atom stereocenters. The van der Waals surface area contributed by atoms with Gasteiger partial charge in [0.1, 0.15) is 5.69 Å². The lowest BCUT2D eigenvalue weighted by molar-refractivity contribution is -0.137. The van der Waals surface area contributed by atoms with Crippen LogP contribution in [0.15, 0.2) is 18.3 Å². The van der Waals surface area contributed by atoms with Gasteiger partial charge < -0.3 is 5.32 Å². The van der Waals surface area contributed by atoms with Gasteiger partial charge >= 0.3 is 6.18 Å². The van der Waals surface area contributed by atoms with E-state index >= 15 is 0 Å². The molecule has 1 saturated carbocycles. The average Bonchev–Trinajstić information content (AvgIpc) is 3.16. The van der Waals surface area contributed by atoms with E-state index in [1.165, 1.54) is 0 Å². The minimum Gasteiger partial charge on any atom is -0.350 e. The molecule has 0 atom stereocenters. The largest absolute Gasteiger partial charge is 0.417 e. The van der Waals surface area contributed by atoms with E-state index in [0.717, 1.165) is 25.0 Å². The van der Waals surface area contributed by atoms with Crippen LogP contribution in [0.1, 0.15) is 28.9 Å². The molecule has 0 saturated heterocycles. The Morgan fingerprint density at radius 1 is 1.42 bits per heavy atom. The second kappa shape index (κ2) is 5.00. The lowest BCUT2D eigenvalue weighted by atomic mass is 10.1. The Morgan fingerprint density at radius 3 is 2.53 bits per heavy atom. The number of nitrogens with one attached hydrogen (secondary N) is 1. The van der Waals surface area contributed by atoms with Crippen molar-refractivity contribution in [3.63, 3.8) is 0 Å². The summed E-state index contributed by atoms with van der Waals surface area (Å²) in [6.07, 6.45) is -1.88. The minimum absolute atomic E-state index is 0.0293. The zero-order valence-corrected chi connectivity index (χ0v) is 10.7. The maximum atomic E-state index is 12.3. The third-order valence-corrected chi connectivity index (χ3v) is 3.75. The molecule has 1 aliphatic rings. The van der Waals surface area contributed by atoms with Crippen LogP contribution in [0.2, 0.25) is 0 Å². The highest BCUT2D eigenvalue weighted by Crippen LogP contribution is 2.45. The van der Waals surface area contributed by atoms with E-state index in [9.17, 15) is 18.0 Å². The number of pyridine rings is 1. The Kier molecular flexibility index (Phi) is 3.71. The summed E-state index contributed by atoms with van der Waals surface area (Å²) in [7, 11) is 0. The monoisotopic (exact) mass is 292 g/mol. The zero-order chi connectivity index (χ0) is 14.1. The molecule has 1 N–H and O–H groups in total.